The maximum Gasteiger partial charge on any atom is 0.407 e. The lowest BCUT2D eigenvalue weighted by molar-refractivity contribution is -0.155. The predicted octanol–water partition coefficient (Wildman–Crippen LogP) is 11.4. The molecule has 1 N–H and O–H groups in total. The van der Waals surface area contributed by atoms with E-state index in [9.17, 15) is 14.4 Å². The Morgan fingerprint density at radius 2 is 1.22 bits per heavy atom. The lowest BCUT2D eigenvalue weighted by Crippen LogP contribution is -2.46. The number of rotatable bonds is 19. The highest BCUT2D eigenvalue weighted by Gasteiger charge is 2.37. The zero-order valence-electron chi connectivity index (χ0n) is 35.3. The quantitative estimate of drug-likeness (QED) is 0.0221. The third kappa shape index (κ3) is 11.3. The van der Waals surface area contributed by atoms with Crippen LogP contribution in [0, 0.1) is 5.92 Å². The van der Waals surface area contributed by atoms with Crippen molar-refractivity contribution in [3.8, 4) is 11.1 Å². The van der Waals surface area contributed by atoms with Crippen LogP contribution in [-0.4, -0.2) is 57.2 Å². The number of hydrogen-bond donors (Lipinski definition) is 1. The van der Waals surface area contributed by atoms with Crippen LogP contribution in [0.4, 0.5) is 4.79 Å². The van der Waals surface area contributed by atoms with Crippen LogP contribution in [-0.2, 0) is 28.5 Å². The van der Waals surface area contributed by atoms with E-state index in [1.54, 1.807) is 6.08 Å². The second kappa shape index (κ2) is 20.7. The van der Waals surface area contributed by atoms with E-state index in [-0.39, 0.29) is 24.9 Å². The molecule has 60 heavy (non-hydrogen) atoms. The molecule has 7 nitrogen and oxygen atoms in total. The smallest absolute Gasteiger partial charge is 0.407 e. The van der Waals surface area contributed by atoms with Crippen LogP contribution in [0.2, 0.25) is 25.7 Å². The first-order chi connectivity index (χ1) is 29.0. The monoisotopic (exact) mass is 839 g/mol. The normalized spacial score (nSPS) is 13.6. The molecule has 0 heterocycles. The van der Waals surface area contributed by atoms with E-state index in [4.69, 9.17) is 14.2 Å². The highest BCUT2D eigenvalue weighted by molar-refractivity contribution is 8.00. The van der Waals surface area contributed by atoms with Gasteiger partial charge in [0.1, 0.15) is 18.8 Å². The first-order valence-electron chi connectivity index (χ1n) is 20.9. The van der Waals surface area contributed by atoms with Gasteiger partial charge >= 0.3 is 18.0 Å². The lowest BCUT2D eigenvalue weighted by Gasteiger charge is -2.35. The van der Waals surface area contributed by atoms with Crippen molar-refractivity contribution in [2.24, 2.45) is 5.92 Å². The number of hydrogen-bond acceptors (Lipinski definition) is 7. The summed E-state index contributed by atoms with van der Waals surface area (Å²) in [4.78, 5) is 40.3. The van der Waals surface area contributed by atoms with Crippen LogP contribution in [0.1, 0.15) is 60.4 Å². The summed E-state index contributed by atoms with van der Waals surface area (Å²) < 4.78 is 17.0. The Morgan fingerprint density at radius 1 is 0.717 bits per heavy atom. The van der Waals surface area contributed by atoms with Crippen molar-refractivity contribution in [2.75, 3.05) is 19.0 Å². The van der Waals surface area contributed by atoms with E-state index in [2.05, 4.69) is 122 Å². The minimum atomic E-state index is -1.43. The summed E-state index contributed by atoms with van der Waals surface area (Å²) >= 11 is 1.83. The Hall–Kier alpha value is -5.38. The van der Waals surface area contributed by atoms with Gasteiger partial charge in [-0.15, -0.1) is 11.8 Å². The molecule has 1 aliphatic carbocycles. The number of fused-ring (bicyclic) bond motifs is 3. The third-order valence-corrected chi connectivity index (χ3v) is 14.1. The summed E-state index contributed by atoms with van der Waals surface area (Å²) in [6.45, 7) is 10.8. The average Bonchev–Trinajstić information content (AvgIpc) is 3.57. The molecule has 0 saturated heterocycles. The van der Waals surface area contributed by atoms with Gasteiger partial charge in [0.2, 0.25) is 0 Å². The van der Waals surface area contributed by atoms with Crippen molar-refractivity contribution < 1.29 is 28.6 Å². The first kappa shape index (κ1) is 44.2. The largest absolute Gasteiger partial charge is 0.466 e. The number of ether oxygens (including phenoxy) is 3. The van der Waals surface area contributed by atoms with Crippen LogP contribution in [0.3, 0.4) is 0 Å². The van der Waals surface area contributed by atoms with Crippen molar-refractivity contribution in [1.82, 2.24) is 5.32 Å². The van der Waals surface area contributed by atoms with Gasteiger partial charge in [0.15, 0.2) is 0 Å². The van der Waals surface area contributed by atoms with Crippen LogP contribution in [0.25, 0.3) is 11.1 Å². The molecule has 0 bridgehead atoms. The van der Waals surface area contributed by atoms with Gasteiger partial charge in [0.25, 0.3) is 0 Å². The van der Waals surface area contributed by atoms with Crippen LogP contribution in [0.5, 0.6) is 0 Å². The van der Waals surface area contributed by atoms with Gasteiger partial charge in [-0.1, -0.05) is 179 Å². The van der Waals surface area contributed by atoms with Crippen LogP contribution in [0.15, 0.2) is 152 Å². The second-order valence-electron chi connectivity index (χ2n) is 16.7. The highest BCUT2D eigenvalue weighted by atomic mass is 32.2. The number of carbonyl (C=O) groups is 3. The fraction of sp³-hybridized carbons (Fsp3) is 0.314. The summed E-state index contributed by atoms with van der Waals surface area (Å²) in [6, 6.07) is 47.7. The number of nitrogens with one attached hydrogen (secondary N) is 1. The first-order valence-corrected chi connectivity index (χ1v) is 25.6. The average molecular weight is 840 g/mol. The summed E-state index contributed by atoms with van der Waals surface area (Å²) in [6.07, 6.45) is 2.64. The number of amides is 1. The molecular weight excluding hydrogens is 783 g/mol. The number of esters is 2. The Morgan fingerprint density at radius 3 is 1.72 bits per heavy atom. The topological polar surface area (TPSA) is 90.9 Å². The Balaban J connectivity index is 1.14. The molecule has 6 rings (SSSR count). The van der Waals surface area contributed by atoms with Gasteiger partial charge in [-0.3, -0.25) is 4.79 Å². The molecule has 0 aliphatic heterocycles. The maximum atomic E-state index is 13.9. The molecule has 2 atom stereocenters. The van der Waals surface area contributed by atoms with Gasteiger partial charge in [-0.2, -0.15) is 0 Å². The fourth-order valence-electron chi connectivity index (χ4n) is 7.63. The second-order valence-corrected chi connectivity index (χ2v) is 23.7. The highest BCUT2D eigenvalue weighted by Crippen LogP contribution is 2.49. The van der Waals surface area contributed by atoms with Crippen molar-refractivity contribution >= 4 is 37.9 Å². The minimum absolute atomic E-state index is 0.118. The molecule has 5 aromatic carbocycles. The minimum Gasteiger partial charge on any atom is -0.466 e. The predicted molar refractivity (Wildman–Crippen MR) is 246 cm³/mol. The Bertz CT molecular complexity index is 2060. The Kier molecular flexibility index (Phi) is 15.3. The van der Waals surface area contributed by atoms with Crippen molar-refractivity contribution in [1.29, 1.82) is 0 Å². The van der Waals surface area contributed by atoms with Crippen molar-refractivity contribution in [3.63, 3.8) is 0 Å². The molecule has 0 aromatic heterocycles. The third-order valence-electron chi connectivity index (χ3n) is 10.8. The number of alkyl carbamates (subject to hydrolysis) is 1. The molecule has 5 aromatic rings. The van der Waals surface area contributed by atoms with E-state index >= 15 is 0 Å². The van der Waals surface area contributed by atoms with Gasteiger partial charge in [0, 0.05) is 14.0 Å². The van der Waals surface area contributed by atoms with E-state index in [0.29, 0.717) is 13.0 Å². The zero-order chi connectivity index (χ0) is 42.5. The summed E-state index contributed by atoms with van der Waals surface area (Å²) in [5, 5.41) is 2.76. The maximum absolute atomic E-state index is 13.9. The SMILES string of the molecule is CC(C)[C@H](NC(=O)OCC1c2ccccc2-c2ccccc21)C(=O)O[C@H](/C=C/CCSC(c1ccccc1)(c1ccccc1)c1ccccc1)CC(=O)OCC[Si](C)(C)C. The van der Waals surface area contributed by atoms with Gasteiger partial charge < -0.3 is 19.5 Å². The number of carbonyl (C=O) groups excluding carboxylic acids is 3. The zero-order valence-corrected chi connectivity index (χ0v) is 37.2. The van der Waals surface area contributed by atoms with E-state index in [1.807, 2.05) is 74.1 Å². The molecule has 9 heteroatoms. The van der Waals surface area contributed by atoms with Crippen LogP contribution < -0.4 is 5.32 Å². The van der Waals surface area contributed by atoms with Crippen molar-refractivity contribution in [2.45, 2.75) is 75.2 Å². The molecule has 0 radical (unpaired) electrons. The van der Waals surface area contributed by atoms with E-state index in [1.165, 1.54) is 16.7 Å². The summed E-state index contributed by atoms with van der Waals surface area (Å²) in [5.74, 6) is -0.787. The molecule has 0 spiro atoms. The van der Waals surface area contributed by atoms with Gasteiger partial charge in [-0.25, -0.2) is 9.59 Å². The number of thioether (sulfide) groups is 1. The van der Waals surface area contributed by atoms with Gasteiger partial charge in [0.05, 0.1) is 17.8 Å². The summed E-state index contributed by atoms with van der Waals surface area (Å²) in [5.41, 5.74) is 7.98. The van der Waals surface area contributed by atoms with Crippen molar-refractivity contribution in [3.05, 3.63) is 179 Å². The molecular formula is C51H57NO6SSi. The molecule has 312 valence electrons. The molecule has 0 unspecified atom stereocenters. The summed E-state index contributed by atoms with van der Waals surface area (Å²) in [7, 11) is -1.43. The lowest BCUT2D eigenvalue weighted by atomic mass is 9.84. The van der Waals surface area contributed by atoms with Gasteiger partial charge in [-0.05, 0) is 69.2 Å². The fourth-order valence-corrected chi connectivity index (χ4v) is 9.81. The number of allylic oxidation sites excluding steroid dienone is 1. The molecule has 1 amide bonds. The molecule has 0 saturated carbocycles. The van der Waals surface area contributed by atoms with Crippen LogP contribution >= 0.6 is 11.8 Å². The number of benzene rings is 5. The molecule has 1 aliphatic rings. The standard InChI is InChI=1S/C51H57NO6SSi/c1-37(2)48(52-50(55)57-36-46-44-30-17-15-28-42(44)43-29-16-18-31-45(43)46)49(54)58-41(35-47(53)56-32-34-60(3,4)5)27-19-20-33-59-51(38-21-9-6-10-22-38,39-23-11-7-12-24-39)40-25-13-8-14-26-40/h6-19,21-31,37,41,46,48H,20,32-36H2,1-5H3,(H,52,55)/b27-19+/t41-,48+/m1/s1. The Labute approximate surface area is 361 Å². The van der Waals surface area contributed by atoms with E-state index in [0.717, 1.165) is 34.1 Å². The van der Waals surface area contributed by atoms with E-state index < -0.39 is 43.0 Å². The molecule has 0 fully saturated rings.